The normalized spacial score (nSPS) is 10.4. The number of halogens is 1. The zero-order valence-corrected chi connectivity index (χ0v) is 9.02. The lowest BCUT2D eigenvalue weighted by atomic mass is 10.3. The second-order valence-corrected chi connectivity index (χ2v) is 3.38. The molecule has 2 rings (SSSR count). The zero-order chi connectivity index (χ0) is 11.4. The van der Waals surface area contributed by atoms with Crippen molar-refractivity contribution < 1.29 is 4.39 Å². The van der Waals surface area contributed by atoms with E-state index in [1.54, 1.807) is 12.3 Å². The number of pyridine rings is 1. The molecule has 0 unspecified atom stereocenters. The van der Waals surface area contributed by atoms with Crippen LogP contribution in [-0.2, 0) is 6.54 Å². The number of imidazole rings is 1. The SMILES string of the molecule is CCNc1nccn1Cc1ccc(F)cn1. The van der Waals surface area contributed by atoms with Gasteiger partial charge in [0, 0.05) is 18.9 Å². The molecule has 2 aromatic heterocycles. The van der Waals surface area contributed by atoms with E-state index in [0.29, 0.717) is 6.54 Å². The maximum absolute atomic E-state index is 12.7. The van der Waals surface area contributed by atoms with E-state index in [-0.39, 0.29) is 5.82 Å². The van der Waals surface area contributed by atoms with Gasteiger partial charge in [-0.1, -0.05) is 0 Å². The molecule has 0 radical (unpaired) electrons. The van der Waals surface area contributed by atoms with Crippen molar-refractivity contribution in [3.63, 3.8) is 0 Å². The number of hydrogen-bond acceptors (Lipinski definition) is 3. The third-order valence-electron chi connectivity index (χ3n) is 2.17. The first-order valence-electron chi connectivity index (χ1n) is 5.15. The van der Waals surface area contributed by atoms with Gasteiger partial charge >= 0.3 is 0 Å². The van der Waals surface area contributed by atoms with Gasteiger partial charge in [0.2, 0.25) is 5.95 Å². The van der Waals surface area contributed by atoms with Gasteiger partial charge in [0.25, 0.3) is 0 Å². The summed E-state index contributed by atoms with van der Waals surface area (Å²) in [6.07, 6.45) is 4.81. The number of rotatable bonds is 4. The van der Waals surface area contributed by atoms with Crippen LogP contribution in [0.25, 0.3) is 0 Å². The highest BCUT2D eigenvalue weighted by Crippen LogP contribution is 2.07. The fourth-order valence-corrected chi connectivity index (χ4v) is 1.44. The Bertz CT molecular complexity index is 449. The van der Waals surface area contributed by atoms with E-state index in [4.69, 9.17) is 0 Å². The van der Waals surface area contributed by atoms with Gasteiger partial charge in [-0.2, -0.15) is 0 Å². The lowest BCUT2D eigenvalue weighted by Gasteiger charge is -2.07. The Labute approximate surface area is 93.2 Å². The van der Waals surface area contributed by atoms with E-state index in [1.807, 2.05) is 17.7 Å². The van der Waals surface area contributed by atoms with Crippen molar-refractivity contribution in [1.29, 1.82) is 0 Å². The zero-order valence-electron chi connectivity index (χ0n) is 9.02. The maximum atomic E-state index is 12.7. The molecule has 0 aliphatic carbocycles. The summed E-state index contributed by atoms with van der Waals surface area (Å²) in [7, 11) is 0. The molecule has 0 atom stereocenters. The Morgan fingerprint density at radius 1 is 1.38 bits per heavy atom. The summed E-state index contributed by atoms with van der Waals surface area (Å²) in [6.45, 7) is 3.41. The quantitative estimate of drug-likeness (QED) is 0.855. The topological polar surface area (TPSA) is 42.7 Å². The Morgan fingerprint density at radius 3 is 2.94 bits per heavy atom. The molecule has 84 valence electrons. The minimum absolute atomic E-state index is 0.318. The number of nitrogens with one attached hydrogen (secondary N) is 1. The smallest absolute Gasteiger partial charge is 0.203 e. The number of aromatic nitrogens is 3. The molecular weight excluding hydrogens is 207 g/mol. The third kappa shape index (κ3) is 2.36. The van der Waals surface area contributed by atoms with Crippen LogP contribution in [0.4, 0.5) is 10.3 Å². The largest absolute Gasteiger partial charge is 0.356 e. The van der Waals surface area contributed by atoms with E-state index >= 15 is 0 Å². The molecule has 0 fully saturated rings. The van der Waals surface area contributed by atoms with Crippen molar-refractivity contribution in [2.75, 3.05) is 11.9 Å². The number of anilines is 1. The highest BCUT2D eigenvalue weighted by atomic mass is 19.1. The average molecular weight is 220 g/mol. The molecule has 0 saturated heterocycles. The van der Waals surface area contributed by atoms with Gasteiger partial charge in [-0.05, 0) is 19.1 Å². The molecule has 4 nitrogen and oxygen atoms in total. The van der Waals surface area contributed by atoms with Crippen LogP contribution in [0.3, 0.4) is 0 Å². The van der Waals surface area contributed by atoms with Crippen molar-refractivity contribution in [3.8, 4) is 0 Å². The van der Waals surface area contributed by atoms with Crippen molar-refractivity contribution in [2.24, 2.45) is 0 Å². The lowest BCUT2D eigenvalue weighted by Crippen LogP contribution is -2.08. The number of hydrogen-bond donors (Lipinski definition) is 1. The van der Waals surface area contributed by atoms with Gasteiger partial charge in [-0.25, -0.2) is 9.37 Å². The molecule has 0 bridgehead atoms. The summed E-state index contributed by atoms with van der Waals surface area (Å²) in [6, 6.07) is 3.08. The first-order chi connectivity index (χ1) is 7.79. The van der Waals surface area contributed by atoms with Crippen LogP contribution in [0.15, 0.2) is 30.7 Å². The van der Waals surface area contributed by atoms with Crippen molar-refractivity contribution in [3.05, 3.63) is 42.2 Å². The van der Waals surface area contributed by atoms with Crippen molar-refractivity contribution in [1.82, 2.24) is 14.5 Å². The van der Waals surface area contributed by atoms with Crippen LogP contribution in [0.2, 0.25) is 0 Å². The minimum Gasteiger partial charge on any atom is -0.356 e. The molecule has 1 N–H and O–H groups in total. The highest BCUT2D eigenvalue weighted by Gasteiger charge is 2.02. The van der Waals surface area contributed by atoms with Gasteiger partial charge in [0.15, 0.2) is 0 Å². The Hall–Kier alpha value is -1.91. The molecule has 0 aliphatic rings. The first kappa shape index (κ1) is 10.6. The van der Waals surface area contributed by atoms with Crippen LogP contribution in [-0.4, -0.2) is 21.1 Å². The summed E-state index contributed by atoms with van der Waals surface area (Å²) in [5.41, 5.74) is 0.804. The predicted molar refractivity (Wildman–Crippen MR) is 59.7 cm³/mol. The third-order valence-corrected chi connectivity index (χ3v) is 2.17. The van der Waals surface area contributed by atoms with E-state index in [2.05, 4.69) is 15.3 Å². The molecule has 0 amide bonds. The Morgan fingerprint density at radius 2 is 2.25 bits per heavy atom. The molecular formula is C11H13FN4. The molecule has 0 spiro atoms. The van der Waals surface area contributed by atoms with Gasteiger partial charge in [0.05, 0.1) is 18.4 Å². The maximum Gasteiger partial charge on any atom is 0.203 e. The van der Waals surface area contributed by atoms with Crippen LogP contribution >= 0.6 is 0 Å². The van der Waals surface area contributed by atoms with Gasteiger partial charge in [0.1, 0.15) is 5.82 Å². The fourth-order valence-electron chi connectivity index (χ4n) is 1.44. The standard InChI is InChI=1S/C11H13FN4/c1-2-13-11-14-5-6-16(11)8-10-4-3-9(12)7-15-10/h3-7H,2,8H2,1H3,(H,13,14). The Kier molecular flexibility index (Phi) is 3.14. The van der Waals surface area contributed by atoms with Gasteiger partial charge in [-0.15, -0.1) is 0 Å². The summed E-state index contributed by atoms with van der Waals surface area (Å²) in [4.78, 5) is 8.17. The van der Waals surface area contributed by atoms with E-state index in [1.165, 1.54) is 12.3 Å². The molecule has 0 saturated carbocycles. The number of nitrogens with zero attached hydrogens (tertiary/aromatic N) is 3. The molecule has 5 heteroatoms. The molecule has 0 aliphatic heterocycles. The summed E-state index contributed by atoms with van der Waals surface area (Å²) >= 11 is 0. The van der Waals surface area contributed by atoms with Crippen molar-refractivity contribution in [2.45, 2.75) is 13.5 Å². The van der Waals surface area contributed by atoms with Crippen molar-refractivity contribution >= 4 is 5.95 Å². The summed E-state index contributed by atoms with van der Waals surface area (Å²) in [5.74, 6) is 0.481. The molecule has 2 heterocycles. The minimum atomic E-state index is -0.318. The monoisotopic (exact) mass is 220 g/mol. The summed E-state index contributed by atoms with van der Waals surface area (Å²) < 4.78 is 14.6. The van der Waals surface area contributed by atoms with E-state index in [9.17, 15) is 4.39 Å². The highest BCUT2D eigenvalue weighted by molar-refractivity contribution is 5.26. The van der Waals surface area contributed by atoms with Crippen LogP contribution < -0.4 is 5.32 Å². The molecule has 0 aromatic carbocycles. The molecule has 2 aromatic rings. The predicted octanol–water partition coefficient (Wildman–Crippen LogP) is 1.90. The second-order valence-electron chi connectivity index (χ2n) is 3.38. The summed E-state index contributed by atoms with van der Waals surface area (Å²) in [5, 5.41) is 3.14. The van der Waals surface area contributed by atoms with Gasteiger partial charge < -0.3 is 9.88 Å². The lowest BCUT2D eigenvalue weighted by molar-refractivity contribution is 0.617. The van der Waals surface area contributed by atoms with E-state index in [0.717, 1.165) is 18.2 Å². The van der Waals surface area contributed by atoms with Gasteiger partial charge in [-0.3, -0.25) is 4.98 Å². The van der Waals surface area contributed by atoms with E-state index < -0.39 is 0 Å². The fraction of sp³-hybridized carbons (Fsp3) is 0.273. The second kappa shape index (κ2) is 4.74. The average Bonchev–Trinajstić information content (AvgIpc) is 2.70. The first-order valence-corrected chi connectivity index (χ1v) is 5.15. The Balaban J connectivity index is 2.13. The van der Waals surface area contributed by atoms with Crippen LogP contribution in [0.5, 0.6) is 0 Å². The molecule has 16 heavy (non-hydrogen) atoms. The van der Waals surface area contributed by atoms with Crippen LogP contribution in [0, 0.1) is 5.82 Å². The van der Waals surface area contributed by atoms with Crippen LogP contribution in [0.1, 0.15) is 12.6 Å².